The third kappa shape index (κ3) is 5.47. The average Bonchev–Trinajstić information content (AvgIpc) is 2.93. The predicted octanol–water partition coefficient (Wildman–Crippen LogP) is 3.68. The molecule has 2 aromatic rings. The molecule has 1 heterocycles. The van der Waals surface area contributed by atoms with E-state index in [0.29, 0.717) is 11.6 Å². The lowest BCUT2D eigenvalue weighted by atomic mass is 10.2. The van der Waals surface area contributed by atoms with Crippen LogP contribution in [0.3, 0.4) is 0 Å². The van der Waals surface area contributed by atoms with Gasteiger partial charge in [-0.1, -0.05) is 11.8 Å². The van der Waals surface area contributed by atoms with Crippen molar-refractivity contribution in [2.75, 3.05) is 17.3 Å². The molecule has 0 bridgehead atoms. The molecule has 1 N–H and O–H groups in total. The number of alkyl halides is 3. The van der Waals surface area contributed by atoms with Crippen LogP contribution in [0.15, 0.2) is 33.9 Å². The third-order valence-corrected chi connectivity index (χ3v) is 3.89. The fourth-order valence-corrected chi connectivity index (χ4v) is 2.49. The molecule has 1 aromatic heterocycles. The van der Waals surface area contributed by atoms with E-state index < -0.39 is 11.7 Å². The van der Waals surface area contributed by atoms with E-state index in [4.69, 9.17) is 4.42 Å². The number of hydrogen-bond donors (Lipinski definition) is 1. The zero-order chi connectivity index (χ0) is 16.9. The summed E-state index contributed by atoms with van der Waals surface area (Å²) < 4.78 is 42.6. The number of carbonyl (C=O) groups excluding carboxylic acids is 1. The Balaban J connectivity index is 1.84. The number of hydrogen-bond acceptors (Lipinski definition) is 6. The second-order valence-electron chi connectivity index (χ2n) is 4.31. The van der Waals surface area contributed by atoms with E-state index in [1.807, 2.05) is 6.26 Å². The normalized spacial score (nSPS) is 11.5. The van der Waals surface area contributed by atoms with Gasteiger partial charge in [-0.15, -0.1) is 10.2 Å². The quantitative estimate of drug-likeness (QED) is 0.790. The van der Waals surface area contributed by atoms with Gasteiger partial charge in [0.15, 0.2) is 0 Å². The third-order valence-electron chi connectivity index (χ3n) is 2.54. The van der Waals surface area contributed by atoms with Crippen molar-refractivity contribution in [3.8, 4) is 0 Å². The first-order valence-corrected chi connectivity index (χ1v) is 8.67. The minimum absolute atomic E-state index is 0.0158. The highest BCUT2D eigenvalue weighted by molar-refractivity contribution is 7.99. The maximum atomic E-state index is 12.4. The lowest BCUT2D eigenvalue weighted by molar-refractivity contribution is -0.137. The van der Waals surface area contributed by atoms with Crippen LogP contribution in [0.5, 0.6) is 0 Å². The molecule has 0 unspecified atom stereocenters. The van der Waals surface area contributed by atoms with E-state index in [1.165, 1.54) is 23.9 Å². The Kier molecular flexibility index (Phi) is 5.94. The van der Waals surface area contributed by atoms with Crippen LogP contribution in [-0.2, 0) is 16.7 Å². The lowest BCUT2D eigenvalue weighted by Crippen LogP contribution is -2.14. The van der Waals surface area contributed by atoms with Crippen LogP contribution in [0, 0.1) is 0 Å². The average molecular weight is 363 g/mol. The summed E-state index contributed by atoms with van der Waals surface area (Å²) >= 11 is 2.59. The largest absolute Gasteiger partial charge is 0.416 e. The number of amides is 1. The van der Waals surface area contributed by atoms with Gasteiger partial charge in [-0.2, -0.15) is 24.9 Å². The summed E-state index contributed by atoms with van der Waals surface area (Å²) in [4.78, 5) is 11.8. The molecule has 0 fully saturated rings. The van der Waals surface area contributed by atoms with Gasteiger partial charge in [0.25, 0.3) is 5.22 Å². The van der Waals surface area contributed by atoms with E-state index in [-0.39, 0.29) is 22.6 Å². The summed E-state index contributed by atoms with van der Waals surface area (Å²) in [6.45, 7) is 0. The molecule has 0 radical (unpaired) electrons. The molecule has 23 heavy (non-hydrogen) atoms. The summed E-state index contributed by atoms with van der Waals surface area (Å²) in [5.41, 5.74) is -0.478. The van der Waals surface area contributed by atoms with Crippen LogP contribution in [0.25, 0.3) is 0 Å². The molecule has 0 saturated carbocycles. The van der Waals surface area contributed by atoms with Crippen LogP contribution >= 0.6 is 23.5 Å². The molecule has 0 saturated heterocycles. The number of benzene rings is 1. The summed E-state index contributed by atoms with van der Waals surface area (Å²) in [5.74, 6) is 0.704. The fourth-order valence-electron chi connectivity index (χ4n) is 1.55. The van der Waals surface area contributed by atoms with Gasteiger partial charge in [-0.3, -0.25) is 4.79 Å². The zero-order valence-electron chi connectivity index (χ0n) is 11.9. The number of nitrogens with one attached hydrogen (secondary N) is 1. The number of anilines is 1. The first-order chi connectivity index (χ1) is 10.9. The SMILES string of the molecule is CSCc1nnc(SCC(=O)Nc2ccc(C(F)(F)F)cc2)o1. The highest BCUT2D eigenvalue weighted by Gasteiger charge is 2.29. The van der Waals surface area contributed by atoms with E-state index in [2.05, 4.69) is 15.5 Å². The van der Waals surface area contributed by atoms with Gasteiger partial charge in [-0.05, 0) is 30.5 Å². The molecule has 124 valence electrons. The van der Waals surface area contributed by atoms with Crippen molar-refractivity contribution in [3.63, 3.8) is 0 Å². The van der Waals surface area contributed by atoms with E-state index in [1.54, 1.807) is 0 Å². The first-order valence-electron chi connectivity index (χ1n) is 6.29. The topological polar surface area (TPSA) is 68.0 Å². The van der Waals surface area contributed by atoms with Crippen LogP contribution < -0.4 is 5.32 Å². The predicted molar refractivity (Wildman–Crippen MR) is 82.3 cm³/mol. The highest BCUT2D eigenvalue weighted by Crippen LogP contribution is 2.29. The van der Waals surface area contributed by atoms with Crippen molar-refractivity contribution in [2.24, 2.45) is 0 Å². The number of thioether (sulfide) groups is 2. The summed E-state index contributed by atoms with van der Waals surface area (Å²) in [7, 11) is 0. The van der Waals surface area contributed by atoms with Crippen LogP contribution in [0.2, 0.25) is 0 Å². The van der Waals surface area contributed by atoms with Crippen LogP contribution in [-0.4, -0.2) is 28.1 Å². The molecule has 0 aliphatic carbocycles. The standard InChI is InChI=1S/C13H12F3N3O2S2/c1-22-7-11-18-19-12(21-11)23-6-10(20)17-9-4-2-8(3-5-9)13(14,15)16/h2-5H,6-7H2,1H3,(H,17,20). The Morgan fingerprint density at radius 3 is 2.57 bits per heavy atom. The second kappa shape index (κ2) is 7.73. The molecule has 0 aliphatic heterocycles. The minimum atomic E-state index is -4.40. The van der Waals surface area contributed by atoms with E-state index >= 15 is 0 Å². The van der Waals surface area contributed by atoms with Crippen molar-refractivity contribution in [1.29, 1.82) is 0 Å². The zero-order valence-corrected chi connectivity index (χ0v) is 13.5. The number of carbonyl (C=O) groups is 1. The van der Waals surface area contributed by atoms with Crippen molar-refractivity contribution in [3.05, 3.63) is 35.7 Å². The van der Waals surface area contributed by atoms with E-state index in [0.717, 1.165) is 23.9 Å². The van der Waals surface area contributed by atoms with Gasteiger partial charge in [0.2, 0.25) is 11.8 Å². The van der Waals surface area contributed by atoms with E-state index in [9.17, 15) is 18.0 Å². The summed E-state index contributed by atoms with van der Waals surface area (Å²) in [5, 5.41) is 10.4. The van der Waals surface area contributed by atoms with Gasteiger partial charge in [-0.25, -0.2) is 0 Å². The Labute approximate surface area is 138 Å². The Morgan fingerprint density at radius 1 is 1.26 bits per heavy atom. The Morgan fingerprint density at radius 2 is 1.96 bits per heavy atom. The molecular weight excluding hydrogens is 351 g/mol. The summed E-state index contributed by atoms with van der Waals surface area (Å²) in [6, 6.07) is 4.23. The molecule has 10 heteroatoms. The van der Waals surface area contributed by atoms with Gasteiger partial charge in [0.05, 0.1) is 17.1 Å². The number of halogens is 3. The monoisotopic (exact) mass is 363 g/mol. The number of aromatic nitrogens is 2. The van der Waals surface area contributed by atoms with Crippen molar-refractivity contribution >= 4 is 35.1 Å². The van der Waals surface area contributed by atoms with Crippen molar-refractivity contribution < 1.29 is 22.4 Å². The smallest absolute Gasteiger partial charge is 0.415 e. The molecule has 1 amide bonds. The van der Waals surface area contributed by atoms with Gasteiger partial charge in [0.1, 0.15) is 0 Å². The highest BCUT2D eigenvalue weighted by atomic mass is 32.2. The molecule has 5 nitrogen and oxygen atoms in total. The molecule has 1 aromatic carbocycles. The van der Waals surface area contributed by atoms with Crippen LogP contribution in [0.4, 0.5) is 18.9 Å². The number of nitrogens with zero attached hydrogens (tertiary/aromatic N) is 2. The van der Waals surface area contributed by atoms with Crippen molar-refractivity contribution in [1.82, 2.24) is 10.2 Å². The maximum Gasteiger partial charge on any atom is 0.416 e. The molecule has 2 rings (SSSR count). The minimum Gasteiger partial charge on any atom is -0.415 e. The maximum absolute atomic E-state index is 12.4. The van der Waals surface area contributed by atoms with Gasteiger partial charge in [0, 0.05) is 5.69 Å². The van der Waals surface area contributed by atoms with Gasteiger partial charge < -0.3 is 9.73 Å². The molecule has 0 spiro atoms. The first kappa shape index (κ1) is 17.7. The molecular formula is C13H12F3N3O2S2. The molecule has 0 atom stereocenters. The number of rotatable bonds is 6. The fraction of sp³-hybridized carbons (Fsp3) is 0.308. The second-order valence-corrected chi connectivity index (χ2v) is 6.10. The van der Waals surface area contributed by atoms with Gasteiger partial charge >= 0.3 is 6.18 Å². The van der Waals surface area contributed by atoms with Crippen LogP contribution in [0.1, 0.15) is 11.5 Å². The Bertz CT molecular complexity index is 659. The lowest BCUT2D eigenvalue weighted by Gasteiger charge is -2.08. The Hall–Kier alpha value is -1.68. The summed E-state index contributed by atoms with van der Waals surface area (Å²) in [6.07, 6.45) is -2.50. The molecule has 0 aliphatic rings. The van der Waals surface area contributed by atoms with Crippen molar-refractivity contribution in [2.45, 2.75) is 17.2 Å².